The highest BCUT2D eigenvalue weighted by Crippen LogP contribution is 2.40. The third-order valence-electron chi connectivity index (χ3n) is 3.25. The summed E-state index contributed by atoms with van der Waals surface area (Å²) >= 11 is 0. The molecule has 0 aliphatic heterocycles. The van der Waals surface area contributed by atoms with Gasteiger partial charge in [0, 0.05) is 6.42 Å². The summed E-state index contributed by atoms with van der Waals surface area (Å²) in [5, 5.41) is 9.11. The molecule has 1 aliphatic rings. The lowest BCUT2D eigenvalue weighted by molar-refractivity contribution is -0.159. The van der Waals surface area contributed by atoms with Crippen molar-refractivity contribution in [2.45, 2.75) is 32.6 Å². The largest absolute Gasteiger partial charge is 0.480 e. The molecule has 0 bridgehead atoms. The summed E-state index contributed by atoms with van der Waals surface area (Å²) in [6.45, 7) is 5.15. The van der Waals surface area contributed by atoms with Crippen molar-refractivity contribution < 1.29 is 14.7 Å². The Kier molecular flexibility index (Phi) is 3.09. The lowest BCUT2D eigenvalue weighted by Gasteiger charge is -2.35. The maximum atomic E-state index is 11.6. The summed E-state index contributed by atoms with van der Waals surface area (Å²) in [4.78, 5) is 22.7. The van der Waals surface area contributed by atoms with Crippen LogP contribution in [0.3, 0.4) is 0 Å². The van der Waals surface area contributed by atoms with Crippen LogP contribution in [0.15, 0.2) is 12.7 Å². The molecule has 0 aromatic carbocycles. The van der Waals surface area contributed by atoms with Gasteiger partial charge in [0.25, 0.3) is 0 Å². The number of rotatable bonds is 3. The SMILES string of the molecule is C=CCC1CCCC(=O)C1(C)C(=O)O. The number of carbonyl (C=O) groups excluding carboxylic acids is 1. The highest BCUT2D eigenvalue weighted by Gasteiger charge is 2.48. The molecule has 1 saturated carbocycles. The minimum atomic E-state index is -1.19. The number of carboxylic acid groups (broad SMARTS) is 1. The Bertz CT molecular complexity index is 270. The maximum Gasteiger partial charge on any atom is 0.317 e. The molecule has 0 radical (unpaired) electrons. The molecule has 0 heterocycles. The lowest BCUT2D eigenvalue weighted by atomic mass is 9.65. The van der Waals surface area contributed by atoms with Gasteiger partial charge >= 0.3 is 5.97 Å². The van der Waals surface area contributed by atoms with Crippen LogP contribution < -0.4 is 0 Å². The Morgan fingerprint density at radius 1 is 1.79 bits per heavy atom. The van der Waals surface area contributed by atoms with E-state index in [-0.39, 0.29) is 11.7 Å². The zero-order chi connectivity index (χ0) is 10.8. The van der Waals surface area contributed by atoms with Gasteiger partial charge in [-0.1, -0.05) is 6.08 Å². The minimum absolute atomic E-state index is 0.0845. The number of carboxylic acids is 1. The molecule has 0 aromatic rings. The maximum absolute atomic E-state index is 11.6. The van der Waals surface area contributed by atoms with Crippen LogP contribution >= 0.6 is 0 Å². The van der Waals surface area contributed by atoms with Crippen molar-refractivity contribution in [3.63, 3.8) is 0 Å². The molecule has 0 spiro atoms. The molecular weight excluding hydrogens is 180 g/mol. The highest BCUT2D eigenvalue weighted by atomic mass is 16.4. The second-order valence-electron chi connectivity index (χ2n) is 4.04. The monoisotopic (exact) mass is 196 g/mol. The van der Waals surface area contributed by atoms with Gasteiger partial charge in [-0.05, 0) is 32.1 Å². The molecule has 2 unspecified atom stereocenters. The number of ketones is 1. The van der Waals surface area contributed by atoms with Crippen molar-refractivity contribution in [1.82, 2.24) is 0 Å². The molecule has 0 amide bonds. The number of hydrogen-bond acceptors (Lipinski definition) is 2. The van der Waals surface area contributed by atoms with Gasteiger partial charge in [-0.3, -0.25) is 9.59 Å². The fourth-order valence-electron chi connectivity index (χ4n) is 2.13. The molecule has 2 atom stereocenters. The van der Waals surface area contributed by atoms with E-state index < -0.39 is 11.4 Å². The molecule has 0 saturated heterocycles. The van der Waals surface area contributed by atoms with Crippen molar-refractivity contribution in [1.29, 1.82) is 0 Å². The van der Waals surface area contributed by atoms with Gasteiger partial charge in [-0.2, -0.15) is 0 Å². The molecule has 1 aliphatic carbocycles. The predicted octanol–water partition coefficient (Wildman–Crippen LogP) is 2.02. The summed E-state index contributed by atoms with van der Waals surface area (Å²) in [5.41, 5.74) is -1.19. The average Bonchev–Trinajstić information content (AvgIpc) is 2.13. The molecular formula is C11H16O3. The molecule has 1 N–H and O–H groups in total. The fraction of sp³-hybridized carbons (Fsp3) is 0.636. The topological polar surface area (TPSA) is 54.4 Å². The van der Waals surface area contributed by atoms with Crippen molar-refractivity contribution >= 4 is 11.8 Å². The van der Waals surface area contributed by atoms with E-state index in [0.29, 0.717) is 12.8 Å². The van der Waals surface area contributed by atoms with Crippen LogP contribution in [0.5, 0.6) is 0 Å². The van der Waals surface area contributed by atoms with Gasteiger partial charge in [0.15, 0.2) is 0 Å². The van der Waals surface area contributed by atoms with E-state index in [0.717, 1.165) is 12.8 Å². The first-order valence-corrected chi connectivity index (χ1v) is 4.91. The van der Waals surface area contributed by atoms with Crippen LogP contribution in [0, 0.1) is 11.3 Å². The molecule has 14 heavy (non-hydrogen) atoms. The number of hydrogen-bond donors (Lipinski definition) is 1. The van der Waals surface area contributed by atoms with E-state index in [1.54, 1.807) is 13.0 Å². The minimum Gasteiger partial charge on any atom is -0.480 e. The Morgan fingerprint density at radius 2 is 2.43 bits per heavy atom. The number of aliphatic carboxylic acids is 1. The van der Waals surface area contributed by atoms with Crippen LogP contribution in [0.25, 0.3) is 0 Å². The number of allylic oxidation sites excluding steroid dienone is 1. The standard InChI is InChI=1S/C11H16O3/c1-3-5-8-6-4-7-9(12)11(8,2)10(13)14/h3,8H,1,4-7H2,2H3,(H,13,14). The zero-order valence-corrected chi connectivity index (χ0v) is 8.45. The first-order chi connectivity index (χ1) is 6.53. The summed E-state index contributed by atoms with van der Waals surface area (Å²) in [6, 6.07) is 0. The lowest BCUT2D eigenvalue weighted by Crippen LogP contribution is -2.45. The van der Waals surface area contributed by atoms with Gasteiger partial charge < -0.3 is 5.11 Å². The number of carbonyl (C=O) groups is 2. The second kappa shape index (κ2) is 3.95. The molecule has 78 valence electrons. The van der Waals surface area contributed by atoms with Gasteiger partial charge in [-0.25, -0.2) is 0 Å². The molecule has 3 nitrogen and oxygen atoms in total. The summed E-state index contributed by atoms with van der Waals surface area (Å²) < 4.78 is 0. The van der Waals surface area contributed by atoms with E-state index in [4.69, 9.17) is 5.11 Å². The Hall–Kier alpha value is -1.12. The summed E-state index contributed by atoms with van der Waals surface area (Å²) in [6.07, 6.45) is 4.32. The van der Waals surface area contributed by atoms with Crippen molar-refractivity contribution in [2.24, 2.45) is 11.3 Å². The van der Waals surface area contributed by atoms with Crippen LogP contribution in [0.2, 0.25) is 0 Å². The van der Waals surface area contributed by atoms with Gasteiger partial charge in [0.2, 0.25) is 0 Å². The van der Waals surface area contributed by atoms with Gasteiger partial charge in [0.1, 0.15) is 11.2 Å². The second-order valence-corrected chi connectivity index (χ2v) is 4.04. The first-order valence-electron chi connectivity index (χ1n) is 4.91. The van der Waals surface area contributed by atoms with E-state index in [2.05, 4.69) is 6.58 Å². The van der Waals surface area contributed by atoms with E-state index in [1.165, 1.54) is 0 Å². The van der Waals surface area contributed by atoms with E-state index in [9.17, 15) is 9.59 Å². The van der Waals surface area contributed by atoms with Gasteiger partial charge in [-0.15, -0.1) is 6.58 Å². The van der Waals surface area contributed by atoms with E-state index in [1.807, 2.05) is 0 Å². The summed E-state index contributed by atoms with van der Waals surface area (Å²) in [7, 11) is 0. The smallest absolute Gasteiger partial charge is 0.317 e. The fourth-order valence-corrected chi connectivity index (χ4v) is 2.13. The van der Waals surface area contributed by atoms with Crippen LogP contribution in [-0.4, -0.2) is 16.9 Å². The predicted molar refractivity (Wildman–Crippen MR) is 52.9 cm³/mol. The zero-order valence-electron chi connectivity index (χ0n) is 8.45. The van der Waals surface area contributed by atoms with Gasteiger partial charge in [0.05, 0.1) is 0 Å². The van der Waals surface area contributed by atoms with Crippen LogP contribution in [0.4, 0.5) is 0 Å². The Balaban J connectivity index is 2.96. The van der Waals surface area contributed by atoms with Crippen LogP contribution in [-0.2, 0) is 9.59 Å². The third-order valence-corrected chi connectivity index (χ3v) is 3.25. The van der Waals surface area contributed by atoms with Crippen molar-refractivity contribution in [3.8, 4) is 0 Å². The molecule has 1 fully saturated rings. The first kappa shape index (κ1) is 11.0. The number of Topliss-reactive ketones (excluding diaryl/α,β-unsaturated/α-hetero) is 1. The third kappa shape index (κ3) is 1.59. The van der Waals surface area contributed by atoms with Crippen molar-refractivity contribution in [2.75, 3.05) is 0 Å². The normalized spacial score (nSPS) is 32.6. The molecule has 1 rings (SSSR count). The quantitative estimate of drug-likeness (QED) is 0.555. The Labute approximate surface area is 83.8 Å². The highest BCUT2D eigenvalue weighted by molar-refractivity contribution is 6.03. The Morgan fingerprint density at radius 3 is 2.93 bits per heavy atom. The van der Waals surface area contributed by atoms with E-state index >= 15 is 0 Å². The molecule has 0 aromatic heterocycles. The summed E-state index contributed by atoms with van der Waals surface area (Å²) in [5.74, 6) is -1.21. The van der Waals surface area contributed by atoms with Crippen molar-refractivity contribution in [3.05, 3.63) is 12.7 Å². The van der Waals surface area contributed by atoms with Crippen LogP contribution in [0.1, 0.15) is 32.6 Å². The average molecular weight is 196 g/mol. The molecule has 3 heteroatoms.